The van der Waals surface area contributed by atoms with Crippen molar-refractivity contribution in [2.45, 2.75) is 45.8 Å². The molecule has 0 N–H and O–H groups in total. The first-order valence-electron chi connectivity index (χ1n) is 6.98. The number of aromatic nitrogens is 2. The van der Waals surface area contributed by atoms with Crippen molar-refractivity contribution in [3.05, 3.63) is 29.3 Å². The summed E-state index contributed by atoms with van der Waals surface area (Å²) in [7, 11) is -0.455. The molecule has 1 aliphatic heterocycles. The molecule has 1 saturated heterocycles. The molecule has 0 unspecified atom stereocenters. The van der Waals surface area contributed by atoms with Crippen LogP contribution in [0.15, 0.2) is 18.5 Å². The van der Waals surface area contributed by atoms with Crippen LogP contribution in [0.4, 0.5) is 0 Å². The van der Waals surface area contributed by atoms with Crippen molar-refractivity contribution in [2.75, 3.05) is 0 Å². The van der Waals surface area contributed by atoms with E-state index >= 15 is 0 Å². The van der Waals surface area contributed by atoms with E-state index in [4.69, 9.17) is 20.9 Å². The monoisotopic (exact) mass is 304 g/mol. The third-order valence-electron chi connectivity index (χ3n) is 4.48. The molecule has 2 aromatic heterocycles. The Labute approximate surface area is 130 Å². The van der Waals surface area contributed by atoms with Crippen LogP contribution in [0.2, 0.25) is 5.15 Å². The summed E-state index contributed by atoms with van der Waals surface area (Å²) in [6.07, 6.45) is 3.55. The highest BCUT2D eigenvalue weighted by atomic mass is 35.5. The van der Waals surface area contributed by atoms with Gasteiger partial charge in [0.1, 0.15) is 5.15 Å². The standard InChI is InChI=1S/C15H18BClN2O2/c1-9-11-7-19-13(17)6-10(11)12(8-18-9)16-20-14(2,3)15(4,5)21-16/h6-8H,1-5H3. The summed E-state index contributed by atoms with van der Waals surface area (Å²) in [5, 5.41) is 2.39. The van der Waals surface area contributed by atoms with Gasteiger partial charge in [-0.25, -0.2) is 4.98 Å². The van der Waals surface area contributed by atoms with Gasteiger partial charge in [-0.3, -0.25) is 4.98 Å². The highest BCUT2D eigenvalue weighted by Crippen LogP contribution is 2.37. The molecule has 0 radical (unpaired) electrons. The van der Waals surface area contributed by atoms with Crippen molar-refractivity contribution < 1.29 is 9.31 Å². The van der Waals surface area contributed by atoms with Gasteiger partial charge in [0.25, 0.3) is 0 Å². The first kappa shape index (κ1) is 14.8. The number of halogens is 1. The van der Waals surface area contributed by atoms with E-state index < -0.39 is 7.12 Å². The summed E-state index contributed by atoms with van der Waals surface area (Å²) in [5.41, 5.74) is 1.03. The van der Waals surface area contributed by atoms with Crippen LogP contribution in [0.25, 0.3) is 10.8 Å². The normalized spacial score (nSPS) is 20.2. The first-order chi connectivity index (χ1) is 9.71. The minimum Gasteiger partial charge on any atom is -0.399 e. The fourth-order valence-corrected chi connectivity index (χ4v) is 2.58. The highest BCUT2D eigenvalue weighted by molar-refractivity contribution is 6.65. The zero-order valence-electron chi connectivity index (χ0n) is 12.9. The molecule has 0 spiro atoms. The molecule has 0 aliphatic carbocycles. The van der Waals surface area contributed by atoms with Gasteiger partial charge in [-0.2, -0.15) is 0 Å². The molecule has 0 atom stereocenters. The highest BCUT2D eigenvalue weighted by Gasteiger charge is 2.52. The number of rotatable bonds is 1. The van der Waals surface area contributed by atoms with Crippen molar-refractivity contribution in [2.24, 2.45) is 0 Å². The maximum atomic E-state index is 6.11. The maximum Gasteiger partial charge on any atom is 0.497 e. The number of nitrogens with zero attached hydrogens (tertiary/aromatic N) is 2. The van der Waals surface area contributed by atoms with Crippen LogP contribution < -0.4 is 5.46 Å². The van der Waals surface area contributed by atoms with E-state index in [-0.39, 0.29) is 11.2 Å². The predicted octanol–water partition coefficient (Wildman–Crippen LogP) is 2.89. The Balaban J connectivity index is 2.14. The number of hydrogen-bond acceptors (Lipinski definition) is 4. The van der Waals surface area contributed by atoms with Gasteiger partial charge in [-0.15, -0.1) is 0 Å². The lowest BCUT2D eigenvalue weighted by Crippen LogP contribution is -2.41. The van der Waals surface area contributed by atoms with Gasteiger partial charge in [0.05, 0.1) is 11.2 Å². The Morgan fingerprint density at radius 2 is 1.62 bits per heavy atom. The molecule has 0 aromatic carbocycles. The van der Waals surface area contributed by atoms with Crippen molar-refractivity contribution >= 4 is 35.0 Å². The number of hydrogen-bond donors (Lipinski definition) is 0. The lowest BCUT2D eigenvalue weighted by molar-refractivity contribution is 0.00578. The largest absolute Gasteiger partial charge is 0.497 e. The SMILES string of the molecule is Cc1ncc(B2OC(C)(C)C(C)(C)O2)c2cc(Cl)ncc12. The Morgan fingerprint density at radius 3 is 2.24 bits per heavy atom. The van der Waals surface area contributed by atoms with E-state index in [0.717, 1.165) is 21.9 Å². The van der Waals surface area contributed by atoms with Gasteiger partial charge in [0.15, 0.2) is 0 Å². The molecule has 3 rings (SSSR count). The Hall–Kier alpha value is -1.17. The van der Waals surface area contributed by atoms with Crippen molar-refractivity contribution in [3.63, 3.8) is 0 Å². The third-order valence-corrected chi connectivity index (χ3v) is 4.68. The zero-order valence-corrected chi connectivity index (χ0v) is 13.7. The van der Waals surface area contributed by atoms with Gasteiger partial charge in [0.2, 0.25) is 0 Å². The molecule has 0 bridgehead atoms. The topological polar surface area (TPSA) is 44.2 Å². The average molecular weight is 305 g/mol. The summed E-state index contributed by atoms with van der Waals surface area (Å²) in [4.78, 5) is 8.57. The minimum atomic E-state index is -0.455. The second-order valence-corrected chi connectivity index (χ2v) is 6.83. The van der Waals surface area contributed by atoms with E-state index in [1.807, 2.05) is 40.7 Å². The van der Waals surface area contributed by atoms with E-state index in [2.05, 4.69) is 9.97 Å². The molecule has 3 heterocycles. The third kappa shape index (κ3) is 2.33. The molecule has 0 amide bonds. The van der Waals surface area contributed by atoms with Crippen LogP contribution in [-0.2, 0) is 9.31 Å². The van der Waals surface area contributed by atoms with Crippen molar-refractivity contribution in [1.29, 1.82) is 0 Å². The quantitative estimate of drug-likeness (QED) is 0.600. The summed E-state index contributed by atoms with van der Waals surface area (Å²) in [6.45, 7) is 10.1. The number of fused-ring (bicyclic) bond motifs is 1. The first-order valence-corrected chi connectivity index (χ1v) is 7.35. The summed E-state index contributed by atoms with van der Waals surface area (Å²) < 4.78 is 12.2. The van der Waals surface area contributed by atoms with E-state index in [9.17, 15) is 0 Å². The maximum absolute atomic E-state index is 6.11. The van der Waals surface area contributed by atoms with Crippen LogP contribution in [0.3, 0.4) is 0 Å². The van der Waals surface area contributed by atoms with Crippen LogP contribution in [0, 0.1) is 6.92 Å². The summed E-state index contributed by atoms with van der Waals surface area (Å²) in [6, 6.07) is 1.84. The molecule has 2 aromatic rings. The van der Waals surface area contributed by atoms with Gasteiger partial charge < -0.3 is 9.31 Å². The molecule has 1 fully saturated rings. The zero-order chi connectivity index (χ0) is 15.4. The molecule has 1 aliphatic rings. The smallest absolute Gasteiger partial charge is 0.399 e. The molecule has 110 valence electrons. The Bertz CT molecular complexity index is 702. The molecule has 21 heavy (non-hydrogen) atoms. The second kappa shape index (κ2) is 4.67. The van der Waals surface area contributed by atoms with Crippen LogP contribution in [0.1, 0.15) is 33.4 Å². The predicted molar refractivity (Wildman–Crippen MR) is 85.0 cm³/mol. The van der Waals surface area contributed by atoms with Crippen LogP contribution >= 0.6 is 11.6 Å². The summed E-state index contributed by atoms with van der Waals surface area (Å²) >= 11 is 6.05. The number of aryl methyl sites for hydroxylation is 1. The van der Waals surface area contributed by atoms with E-state index in [1.54, 1.807) is 12.4 Å². The fourth-order valence-electron chi connectivity index (χ4n) is 2.42. The molecule has 6 heteroatoms. The second-order valence-electron chi connectivity index (χ2n) is 6.44. The molecule has 0 saturated carbocycles. The van der Waals surface area contributed by atoms with Gasteiger partial charge in [-0.1, -0.05) is 11.6 Å². The van der Waals surface area contributed by atoms with Crippen LogP contribution in [-0.4, -0.2) is 28.3 Å². The average Bonchev–Trinajstić information content (AvgIpc) is 2.58. The van der Waals surface area contributed by atoms with E-state index in [1.165, 1.54) is 0 Å². The van der Waals surface area contributed by atoms with Crippen LogP contribution in [0.5, 0.6) is 0 Å². The van der Waals surface area contributed by atoms with E-state index in [0.29, 0.717) is 5.15 Å². The van der Waals surface area contributed by atoms with Gasteiger partial charge in [-0.05, 0) is 46.1 Å². The summed E-state index contributed by atoms with van der Waals surface area (Å²) in [5.74, 6) is 0. The molecule has 4 nitrogen and oxygen atoms in total. The lowest BCUT2D eigenvalue weighted by atomic mass is 9.77. The van der Waals surface area contributed by atoms with Crippen molar-refractivity contribution in [3.8, 4) is 0 Å². The van der Waals surface area contributed by atoms with Gasteiger partial charge in [0, 0.05) is 28.9 Å². The Kier molecular flexibility index (Phi) is 3.28. The lowest BCUT2D eigenvalue weighted by Gasteiger charge is -2.32. The fraction of sp³-hybridized carbons (Fsp3) is 0.467. The Morgan fingerprint density at radius 1 is 1.00 bits per heavy atom. The minimum absolute atomic E-state index is 0.383. The van der Waals surface area contributed by atoms with Crippen molar-refractivity contribution in [1.82, 2.24) is 9.97 Å². The number of pyridine rings is 2. The van der Waals surface area contributed by atoms with Gasteiger partial charge >= 0.3 is 7.12 Å². The molecular weight excluding hydrogens is 286 g/mol. The molecular formula is C15H18BClN2O2.